The van der Waals surface area contributed by atoms with E-state index in [0.717, 1.165) is 7.57 Å². The normalized spacial score (nSPS) is 10.0. The summed E-state index contributed by atoms with van der Waals surface area (Å²) in [7, 11) is 0. The van der Waals surface area contributed by atoms with E-state index in [1.54, 1.807) is 0 Å². The van der Waals surface area contributed by atoms with Crippen molar-refractivity contribution in [3.8, 4) is 0 Å². The number of anilines is 2. The second-order valence-corrected chi connectivity index (χ2v) is 5.13. The summed E-state index contributed by atoms with van der Waals surface area (Å²) in [5, 5.41) is 0. The second-order valence-electron chi connectivity index (χ2n) is 1.48. The molecule has 50 valence electrons. The average molecular weight is 272 g/mol. The lowest BCUT2D eigenvalue weighted by Crippen LogP contribution is -1.89. The summed E-state index contributed by atoms with van der Waals surface area (Å²) in [6, 6.07) is 0. The van der Waals surface area contributed by atoms with Crippen LogP contribution < -0.4 is 11.5 Å². The van der Waals surface area contributed by atoms with Crippen molar-refractivity contribution in [1.82, 2.24) is 0 Å². The van der Waals surface area contributed by atoms with Gasteiger partial charge in [0.05, 0.1) is 18.9 Å². The third-order valence-corrected chi connectivity index (χ3v) is 3.52. The van der Waals surface area contributed by atoms with Gasteiger partial charge in [-0.05, 0) is 31.9 Å². The maximum Gasteiger partial charge on any atom is 0.0961 e. The molecule has 2 nitrogen and oxygen atoms in total. The molecule has 0 aliphatic heterocycles. The van der Waals surface area contributed by atoms with Crippen molar-refractivity contribution in [3.05, 3.63) is 7.57 Å². The van der Waals surface area contributed by atoms with E-state index < -0.39 is 0 Å². The quantitative estimate of drug-likeness (QED) is 0.762. The van der Waals surface area contributed by atoms with Crippen molar-refractivity contribution < 1.29 is 0 Å². The third-order valence-electron chi connectivity index (χ3n) is 0.893. The van der Waals surface area contributed by atoms with Crippen LogP contribution in [0.3, 0.4) is 0 Å². The average Bonchev–Trinajstić information content (AvgIpc) is 1.98. The first-order valence-corrected chi connectivity index (χ1v) is 4.52. The van der Waals surface area contributed by atoms with Gasteiger partial charge in [-0.25, -0.2) is 0 Å². The van der Waals surface area contributed by atoms with E-state index in [9.17, 15) is 0 Å². The van der Waals surface area contributed by atoms with E-state index in [2.05, 4.69) is 31.9 Å². The number of hydrogen-bond donors (Lipinski definition) is 2. The second kappa shape index (κ2) is 2.48. The molecule has 0 saturated carbocycles. The predicted octanol–water partition coefficient (Wildman–Crippen LogP) is 2.44. The molecule has 0 spiro atoms. The molecule has 4 N–H and O–H groups in total. The van der Waals surface area contributed by atoms with Crippen LogP contribution in [-0.2, 0) is 0 Å². The Kier molecular flexibility index (Phi) is 2.03. The maximum absolute atomic E-state index is 5.51. The topological polar surface area (TPSA) is 52.0 Å². The van der Waals surface area contributed by atoms with Crippen molar-refractivity contribution in [2.45, 2.75) is 0 Å². The first kappa shape index (κ1) is 7.37. The molecule has 0 amide bonds. The molecular formula is C4H4Br2N2S. The van der Waals surface area contributed by atoms with Crippen LogP contribution in [0.1, 0.15) is 0 Å². The van der Waals surface area contributed by atoms with Gasteiger partial charge in [-0.1, -0.05) is 0 Å². The maximum atomic E-state index is 5.51. The summed E-state index contributed by atoms with van der Waals surface area (Å²) in [5.74, 6) is 0. The van der Waals surface area contributed by atoms with Gasteiger partial charge in [0.25, 0.3) is 0 Å². The zero-order valence-electron chi connectivity index (χ0n) is 4.32. The van der Waals surface area contributed by atoms with E-state index in [4.69, 9.17) is 11.5 Å². The van der Waals surface area contributed by atoms with Gasteiger partial charge >= 0.3 is 0 Å². The van der Waals surface area contributed by atoms with Crippen molar-refractivity contribution in [3.63, 3.8) is 0 Å². The highest BCUT2D eigenvalue weighted by atomic mass is 79.9. The predicted molar refractivity (Wildman–Crippen MR) is 48.5 cm³/mol. The highest BCUT2D eigenvalue weighted by molar-refractivity contribution is 9.12. The standard InChI is InChI=1S/C4H4Br2N2S/c5-3-1(7)2(8)4(6)9-3/h7-8H2. The number of thiophene rings is 1. The van der Waals surface area contributed by atoms with E-state index in [0.29, 0.717) is 11.4 Å². The van der Waals surface area contributed by atoms with Gasteiger partial charge in [-0.2, -0.15) is 0 Å². The SMILES string of the molecule is Nc1c(Br)sc(Br)c1N. The van der Waals surface area contributed by atoms with Crippen LogP contribution in [0, 0.1) is 0 Å². The summed E-state index contributed by atoms with van der Waals surface area (Å²) in [6.07, 6.45) is 0. The van der Waals surface area contributed by atoms with Crippen molar-refractivity contribution >= 4 is 54.6 Å². The van der Waals surface area contributed by atoms with Gasteiger partial charge in [0.15, 0.2) is 0 Å². The first-order chi connectivity index (χ1) is 4.13. The fraction of sp³-hybridized carbons (Fsp3) is 0. The molecule has 9 heavy (non-hydrogen) atoms. The Morgan fingerprint density at radius 1 is 1.00 bits per heavy atom. The number of nitrogens with two attached hydrogens (primary N) is 2. The Bertz CT molecular complexity index is 210. The van der Waals surface area contributed by atoms with E-state index in [-0.39, 0.29) is 0 Å². The molecule has 0 aromatic carbocycles. The van der Waals surface area contributed by atoms with Crippen LogP contribution in [-0.4, -0.2) is 0 Å². The highest BCUT2D eigenvalue weighted by Crippen LogP contribution is 2.40. The minimum absolute atomic E-state index is 0.617. The van der Waals surface area contributed by atoms with Gasteiger partial charge in [0.1, 0.15) is 0 Å². The Balaban J connectivity index is 3.29. The number of halogens is 2. The number of hydrogen-bond acceptors (Lipinski definition) is 3. The highest BCUT2D eigenvalue weighted by Gasteiger charge is 2.07. The summed E-state index contributed by atoms with van der Waals surface area (Å²) in [4.78, 5) is 0. The Labute approximate surface area is 73.5 Å². The van der Waals surface area contributed by atoms with Crippen LogP contribution >= 0.6 is 43.2 Å². The van der Waals surface area contributed by atoms with Crippen molar-refractivity contribution in [2.24, 2.45) is 0 Å². The smallest absolute Gasteiger partial charge is 0.0961 e. The molecule has 0 aliphatic carbocycles. The molecule has 0 radical (unpaired) electrons. The molecule has 0 atom stereocenters. The molecule has 1 heterocycles. The Hall–Kier alpha value is 0.260. The number of rotatable bonds is 0. The summed E-state index contributed by atoms with van der Waals surface area (Å²) >= 11 is 7.98. The van der Waals surface area contributed by atoms with Crippen molar-refractivity contribution in [1.29, 1.82) is 0 Å². The third kappa shape index (κ3) is 1.22. The van der Waals surface area contributed by atoms with Crippen molar-refractivity contribution in [2.75, 3.05) is 11.5 Å². The lowest BCUT2D eigenvalue weighted by Gasteiger charge is -1.88. The minimum Gasteiger partial charge on any atom is -0.395 e. The van der Waals surface area contributed by atoms with Crippen LogP contribution in [0.15, 0.2) is 7.57 Å². The summed E-state index contributed by atoms with van der Waals surface area (Å²) < 4.78 is 1.76. The lowest BCUT2D eigenvalue weighted by atomic mass is 10.5. The molecule has 1 rings (SSSR count). The van der Waals surface area contributed by atoms with Crippen LogP contribution in [0.5, 0.6) is 0 Å². The zero-order chi connectivity index (χ0) is 7.02. The van der Waals surface area contributed by atoms with E-state index >= 15 is 0 Å². The molecule has 0 fully saturated rings. The van der Waals surface area contributed by atoms with Gasteiger partial charge in [-0.15, -0.1) is 11.3 Å². The minimum atomic E-state index is 0.617. The molecule has 1 aromatic heterocycles. The zero-order valence-corrected chi connectivity index (χ0v) is 8.31. The van der Waals surface area contributed by atoms with Crippen LogP contribution in [0.25, 0.3) is 0 Å². The molecule has 1 aromatic rings. The molecule has 0 unspecified atom stereocenters. The van der Waals surface area contributed by atoms with Gasteiger partial charge in [0, 0.05) is 0 Å². The molecular weight excluding hydrogens is 268 g/mol. The Morgan fingerprint density at radius 2 is 1.33 bits per heavy atom. The fourth-order valence-electron chi connectivity index (χ4n) is 0.400. The lowest BCUT2D eigenvalue weighted by molar-refractivity contribution is 1.77. The van der Waals surface area contributed by atoms with Crippen LogP contribution in [0.2, 0.25) is 0 Å². The summed E-state index contributed by atoms with van der Waals surface area (Å²) in [6.45, 7) is 0. The molecule has 5 heteroatoms. The van der Waals surface area contributed by atoms with E-state index in [1.165, 1.54) is 11.3 Å². The van der Waals surface area contributed by atoms with E-state index in [1.807, 2.05) is 0 Å². The van der Waals surface area contributed by atoms with Gasteiger partial charge in [-0.3, -0.25) is 0 Å². The van der Waals surface area contributed by atoms with Gasteiger partial charge < -0.3 is 11.5 Å². The molecule has 0 aliphatic rings. The first-order valence-electron chi connectivity index (χ1n) is 2.11. The summed E-state index contributed by atoms with van der Waals surface area (Å²) in [5.41, 5.74) is 12.3. The van der Waals surface area contributed by atoms with Crippen LogP contribution in [0.4, 0.5) is 11.4 Å². The fourth-order valence-corrected chi connectivity index (χ4v) is 3.05. The van der Waals surface area contributed by atoms with Gasteiger partial charge in [0.2, 0.25) is 0 Å². The molecule has 0 bridgehead atoms. The largest absolute Gasteiger partial charge is 0.395 e. The number of nitrogen functional groups attached to an aromatic ring is 2. The Morgan fingerprint density at radius 3 is 1.44 bits per heavy atom. The monoisotopic (exact) mass is 270 g/mol. The molecule has 0 saturated heterocycles.